The molecule has 0 fully saturated rings. The number of anilines is 2. The summed E-state index contributed by atoms with van der Waals surface area (Å²) < 4.78 is 5.58. The Morgan fingerprint density at radius 2 is 1.86 bits per heavy atom. The molecule has 2 rings (SSSR count). The zero-order chi connectivity index (χ0) is 20.5. The predicted molar refractivity (Wildman–Crippen MR) is 121 cm³/mol. The van der Waals surface area contributed by atoms with E-state index in [1.165, 1.54) is 5.69 Å². The van der Waals surface area contributed by atoms with Gasteiger partial charge in [-0.3, -0.25) is 10.1 Å². The molecule has 0 heterocycles. The fraction of sp³-hybridized carbons (Fsp3) is 0.364. The van der Waals surface area contributed by atoms with Crippen molar-refractivity contribution in [2.75, 3.05) is 29.9 Å². The summed E-state index contributed by atoms with van der Waals surface area (Å²) in [6, 6.07) is 13.3. The van der Waals surface area contributed by atoms with E-state index < -0.39 is 0 Å². The molecule has 0 aliphatic heterocycles. The van der Waals surface area contributed by atoms with Gasteiger partial charge in [0.2, 0.25) is 0 Å². The number of rotatable bonds is 8. The lowest BCUT2D eigenvalue weighted by molar-refractivity contribution is 0.0977. The van der Waals surface area contributed by atoms with E-state index >= 15 is 0 Å². The van der Waals surface area contributed by atoms with Gasteiger partial charge in [-0.15, -0.1) is 0 Å². The van der Waals surface area contributed by atoms with Crippen molar-refractivity contribution in [3.8, 4) is 5.75 Å². The van der Waals surface area contributed by atoms with Gasteiger partial charge in [0.25, 0.3) is 5.91 Å². The molecule has 0 radical (unpaired) electrons. The van der Waals surface area contributed by atoms with Gasteiger partial charge in [0, 0.05) is 30.0 Å². The number of hydrogen-bond acceptors (Lipinski definition) is 4. The lowest BCUT2D eigenvalue weighted by Crippen LogP contribution is -2.34. The molecule has 0 saturated heterocycles. The number of ether oxygens (including phenoxy) is 1. The molecule has 0 bridgehead atoms. The second kappa shape index (κ2) is 10.7. The van der Waals surface area contributed by atoms with Crippen LogP contribution in [0.15, 0.2) is 42.5 Å². The van der Waals surface area contributed by atoms with E-state index in [-0.39, 0.29) is 11.0 Å². The summed E-state index contributed by atoms with van der Waals surface area (Å²) >= 11 is 5.32. The van der Waals surface area contributed by atoms with Crippen LogP contribution in [-0.4, -0.2) is 30.7 Å². The van der Waals surface area contributed by atoms with Crippen molar-refractivity contribution in [3.05, 3.63) is 53.6 Å². The van der Waals surface area contributed by atoms with Gasteiger partial charge in [-0.05, 0) is 81.4 Å². The van der Waals surface area contributed by atoms with Crippen molar-refractivity contribution < 1.29 is 9.53 Å². The van der Waals surface area contributed by atoms with Crippen LogP contribution in [0.25, 0.3) is 0 Å². The van der Waals surface area contributed by atoms with Gasteiger partial charge >= 0.3 is 0 Å². The standard InChI is InChI=1S/C22H29N3O2S/c1-5-13-27-19-10-8-9-17(15-19)21(26)24-22(28)23-20-12-11-18(14-16(20)4)25(6-2)7-3/h8-12,14-15H,5-7,13H2,1-4H3,(H2,23,24,26,28). The number of carbonyl (C=O) groups is 1. The Labute approximate surface area is 173 Å². The minimum Gasteiger partial charge on any atom is -0.494 e. The van der Waals surface area contributed by atoms with Crippen LogP contribution in [0.2, 0.25) is 0 Å². The van der Waals surface area contributed by atoms with Crippen LogP contribution in [0.3, 0.4) is 0 Å². The fourth-order valence-corrected chi connectivity index (χ4v) is 3.05. The molecule has 1 amide bonds. The number of amides is 1. The van der Waals surface area contributed by atoms with Gasteiger partial charge in [0.05, 0.1) is 6.61 Å². The average molecular weight is 400 g/mol. The number of nitrogens with zero attached hydrogens (tertiary/aromatic N) is 1. The highest BCUT2D eigenvalue weighted by Gasteiger charge is 2.11. The van der Waals surface area contributed by atoms with Crippen molar-refractivity contribution in [2.45, 2.75) is 34.1 Å². The SMILES string of the molecule is CCCOc1cccc(C(=O)NC(=S)Nc2ccc(N(CC)CC)cc2C)c1. The second-order valence-electron chi connectivity index (χ2n) is 6.46. The molecule has 0 aliphatic carbocycles. The molecule has 0 atom stereocenters. The maximum Gasteiger partial charge on any atom is 0.257 e. The summed E-state index contributed by atoms with van der Waals surface area (Å²) in [5.41, 5.74) is 3.62. The molecule has 5 nitrogen and oxygen atoms in total. The van der Waals surface area contributed by atoms with Crippen molar-refractivity contribution >= 4 is 34.6 Å². The first-order valence-corrected chi connectivity index (χ1v) is 10.1. The minimum atomic E-state index is -0.267. The summed E-state index contributed by atoms with van der Waals surface area (Å²) in [7, 11) is 0. The van der Waals surface area contributed by atoms with Gasteiger partial charge in [-0.1, -0.05) is 13.0 Å². The van der Waals surface area contributed by atoms with Crippen LogP contribution >= 0.6 is 12.2 Å². The van der Waals surface area contributed by atoms with Crippen LogP contribution in [-0.2, 0) is 0 Å². The minimum absolute atomic E-state index is 0.267. The number of aryl methyl sites for hydroxylation is 1. The monoisotopic (exact) mass is 399 g/mol. The Morgan fingerprint density at radius 1 is 1.11 bits per heavy atom. The van der Waals surface area contributed by atoms with Crippen molar-refractivity contribution in [1.29, 1.82) is 0 Å². The van der Waals surface area contributed by atoms with E-state index in [9.17, 15) is 4.79 Å². The number of nitrogens with one attached hydrogen (secondary N) is 2. The molecule has 6 heteroatoms. The first kappa shape index (κ1) is 21.7. The summed E-state index contributed by atoms with van der Waals surface area (Å²) in [6.45, 7) is 10.9. The fourth-order valence-electron chi connectivity index (χ4n) is 2.85. The molecule has 2 aromatic rings. The highest BCUT2D eigenvalue weighted by atomic mass is 32.1. The topological polar surface area (TPSA) is 53.6 Å². The molecule has 2 aromatic carbocycles. The van der Waals surface area contributed by atoms with Gasteiger partial charge in [0.15, 0.2) is 5.11 Å². The van der Waals surface area contributed by atoms with Crippen molar-refractivity contribution in [2.24, 2.45) is 0 Å². The molecule has 28 heavy (non-hydrogen) atoms. The maximum atomic E-state index is 12.5. The summed E-state index contributed by atoms with van der Waals surface area (Å²) in [5, 5.41) is 6.11. The van der Waals surface area contributed by atoms with E-state index in [2.05, 4.69) is 41.5 Å². The van der Waals surface area contributed by atoms with E-state index in [1.807, 2.05) is 26.0 Å². The van der Waals surface area contributed by atoms with Gasteiger partial charge < -0.3 is 15.0 Å². The number of benzene rings is 2. The van der Waals surface area contributed by atoms with Crippen LogP contribution in [0.4, 0.5) is 11.4 Å². The molecular weight excluding hydrogens is 370 g/mol. The molecule has 0 spiro atoms. The number of hydrogen-bond donors (Lipinski definition) is 2. The number of thiocarbonyl (C=S) groups is 1. The zero-order valence-corrected chi connectivity index (χ0v) is 17.9. The van der Waals surface area contributed by atoms with E-state index in [1.54, 1.807) is 18.2 Å². The Balaban J connectivity index is 2.01. The van der Waals surface area contributed by atoms with Crippen molar-refractivity contribution in [3.63, 3.8) is 0 Å². The van der Waals surface area contributed by atoms with E-state index in [4.69, 9.17) is 17.0 Å². The lowest BCUT2D eigenvalue weighted by Gasteiger charge is -2.22. The Kier molecular flexibility index (Phi) is 8.26. The van der Waals surface area contributed by atoms with E-state index in [0.717, 1.165) is 30.8 Å². The van der Waals surface area contributed by atoms with Crippen molar-refractivity contribution in [1.82, 2.24) is 5.32 Å². The second-order valence-corrected chi connectivity index (χ2v) is 6.86. The smallest absolute Gasteiger partial charge is 0.257 e. The van der Waals surface area contributed by atoms with Crippen LogP contribution in [0.5, 0.6) is 5.75 Å². The molecule has 0 unspecified atom stereocenters. The van der Waals surface area contributed by atoms with Crippen LogP contribution in [0.1, 0.15) is 43.1 Å². The normalized spacial score (nSPS) is 10.3. The third-order valence-electron chi connectivity index (χ3n) is 4.38. The largest absolute Gasteiger partial charge is 0.494 e. The molecule has 0 aliphatic rings. The first-order chi connectivity index (χ1) is 13.5. The molecule has 150 valence electrons. The van der Waals surface area contributed by atoms with Gasteiger partial charge in [-0.2, -0.15) is 0 Å². The average Bonchev–Trinajstić information content (AvgIpc) is 2.69. The summed E-state index contributed by atoms with van der Waals surface area (Å²) in [6.07, 6.45) is 0.914. The maximum absolute atomic E-state index is 12.5. The van der Waals surface area contributed by atoms with Gasteiger partial charge in [0.1, 0.15) is 5.75 Å². The highest BCUT2D eigenvalue weighted by Crippen LogP contribution is 2.22. The quantitative estimate of drug-likeness (QED) is 0.627. The zero-order valence-electron chi connectivity index (χ0n) is 17.0. The van der Waals surface area contributed by atoms with Gasteiger partial charge in [-0.25, -0.2) is 0 Å². The molecule has 0 aromatic heterocycles. The Morgan fingerprint density at radius 3 is 2.50 bits per heavy atom. The van der Waals surface area contributed by atoms with E-state index in [0.29, 0.717) is 17.9 Å². The lowest BCUT2D eigenvalue weighted by atomic mass is 10.1. The van der Waals surface area contributed by atoms with Crippen LogP contribution < -0.4 is 20.3 Å². The highest BCUT2D eigenvalue weighted by molar-refractivity contribution is 7.80. The number of carbonyl (C=O) groups excluding carboxylic acids is 1. The summed E-state index contributed by atoms with van der Waals surface area (Å²) in [4.78, 5) is 14.8. The predicted octanol–water partition coefficient (Wildman–Crippen LogP) is 4.76. The first-order valence-electron chi connectivity index (χ1n) is 9.69. The molecular formula is C22H29N3O2S. The molecule has 2 N–H and O–H groups in total. The third kappa shape index (κ3) is 5.96. The third-order valence-corrected chi connectivity index (χ3v) is 4.59. The Bertz CT molecular complexity index is 819. The Hall–Kier alpha value is -2.60. The molecule has 0 saturated carbocycles. The van der Waals surface area contributed by atoms with Crippen LogP contribution in [0, 0.1) is 6.92 Å². The summed E-state index contributed by atoms with van der Waals surface area (Å²) in [5.74, 6) is 0.410.